The highest BCUT2D eigenvalue weighted by molar-refractivity contribution is 7.86. The number of hydroxylamine groups is 1. The lowest BCUT2D eigenvalue weighted by Gasteiger charge is -2.39. The van der Waals surface area contributed by atoms with Gasteiger partial charge in [-0.05, 0) is 42.5 Å². The van der Waals surface area contributed by atoms with E-state index in [0.29, 0.717) is 6.42 Å². The molecule has 2 heterocycles. The first-order valence-electron chi connectivity index (χ1n) is 8.67. The largest absolute Gasteiger partial charge is 0.393 e. The monoisotopic (exact) mass is 399 g/mol. The number of aliphatic hydroxyl groups excluding tert-OH is 1. The zero-order chi connectivity index (χ0) is 19.6. The van der Waals surface area contributed by atoms with Crippen LogP contribution in [0.5, 0.6) is 0 Å². The minimum atomic E-state index is -3.95. The van der Waals surface area contributed by atoms with Crippen LogP contribution in [0.1, 0.15) is 24.8 Å². The lowest BCUT2D eigenvalue weighted by Crippen LogP contribution is -2.58. The van der Waals surface area contributed by atoms with Gasteiger partial charge in [0.1, 0.15) is 11.9 Å². The van der Waals surface area contributed by atoms with Crippen molar-refractivity contribution in [1.29, 1.82) is 0 Å². The van der Waals surface area contributed by atoms with Gasteiger partial charge in [0, 0.05) is 19.6 Å². The van der Waals surface area contributed by atoms with Gasteiger partial charge in [-0.15, -0.1) is 0 Å². The van der Waals surface area contributed by atoms with Crippen LogP contribution in [-0.4, -0.2) is 65.0 Å². The van der Waals surface area contributed by atoms with Gasteiger partial charge in [-0.2, -0.15) is 17.0 Å². The van der Waals surface area contributed by atoms with Crippen LogP contribution in [0.4, 0.5) is 4.39 Å². The molecule has 10 heteroatoms. The van der Waals surface area contributed by atoms with Crippen LogP contribution in [0.25, 0.3) is 5.57 Å². The number of amides is 1. The summed E-state index contributed by atoms with van der Waals surface area (Å²) in [6, 6.07) is 4.86. The van der Waals surface area contributed by atoms with Crippen LogP contribution in [0.15, 0.2) is 30.3 Å². The van der Waals surface area contributed by atoms with E-state index in [0.717, 1.165) is 15.4 Å². The molecular weight excluding hydrogens is 377 g/mol. The highest BCUT2D eigenvalue weighted by Crippen LogP contribution is 2.28. The van der Waals surface area contributed by atoms with Gasteiger partial charge in [0.05, 0.1) is 6.10 Å². The fourth-order valence-electron chi connectivity index (χ4n) is 3.45. The Morgan fingerprint density at radius 3 is 2.52 bits per heavy atom. The van der Waals surface area contributed by atoms with Crippen LogP contribution >= 0.6 is 0 Å². The van der Waals surface area contributed by atoms with Gasteiger partial charge in [0.15, 0.2) is 0 Å². The second-order valence-corrected chi connectivity index (χ2v) is 8.51. The van der Waals surface area contributed by atoms with Crippen molar-refractivity contribution in [3.05, 3.63) is 41.7 Å². The summed E-state index contributed by atoms with van der Waals surface area (Å²) in [5.41, 5.74) is 3.25. The van der Waals surface area contributed by atoms with Gasteiger partial charge in [-0.1, -0.05) is 18.2 Å². The molecule has 0 bridgehead atoms. The molecule has 1 saturated heterocycles. The number of hydrogen-bond donors (Lipinski definition) is 3. The molecule has 3 N–H and O–H groups in total. The molecule has 1 amide bonds. The number of piperidine rings is 1. The second-order valence-electron chi connectivity index (χ2n) is 6.63. The third kappa shape index (κ3) is 4.19. The van der Waals surface area contributed by atoms with Crippen molar-refractivity contribution < 1.29 is 27.9 Å². The van der Waals surface area contributed by atoms with E-state index in [4.69, 9.17) is 5.21 Å². The van der Waals surface area contributed by atoms with Crippen molar-refractivity contribution in [2.75, 3.05) is 19.6 Å². The molecule has 0 aromatic heterocycles. The van der Waals surface area contributed by atoms with Crippen molar-refractivity contribution in [2.24, 2.45) is 0 Å². The molecule has 2 aliphatic rings. The predicted octanol–water partition coefficient (Wildman–Crippen LogP) is 0.490. The maximum atomic E-state index is 13.1. The number of aliphatic hydroxyl groups is 1. The lowest BCUT2D eigenvalue weighted by atomic mass is 10.0. The van der Waals surface area contributed by atoms with E-state index < -0.39 is 28.3 Å². The molecule has 0 radical (unpaired) electrons. The van der Waals surface area contributed by atoms with Gasteiger partial charge in [0.25, 0.3) is 16.1 Å². The second kappa shape index (κ2) is 8.03. The fraction of sp³-hybridized carbons (Fsp3) is 0.471. The summed E-state index contributed by atoms with van der Waals surface area (Å²) in [5, 5.41) is 18.7. The molecule has 148 valence electrons. The number of carbonyl (C=O) groups excluding carboxylic acids is 1. The first-order chi connectivity index (χ1) is 12.8. The van der Waals surface area contributed by atoms with Crippen LogP contribution in [-0.2, 0) is 15.0 Å². The summed E-state index contributed by atoms with van der Waals surface area (Å²) < 4.78 is 41.3. The molecule has 2 atom stereocenters. The first kappa shape index (κ1) is 19.9. The Hall–Kier alpha value is -1.85. The average Bonchev–Trinajstić information content (AvgIpc) is 2.67. The quantitative estimate of drug-likeness (QED) is 0.504. The molecule has 0 spiro atoms. The van der Waals surface area contributed by atoms with E-state index in [9.17, 15) is 22.7 Å². The molecule has 0 aliphatic carbocycles. The van der Waals surface area contributed by atoms with E-state index in [2.05, 4.69) is 0 Å². The number of carbonyl (C=O) groups is 1. The number of benzene rings is 1. The molecule has 2 aliphatic heterocycles. The number of halogens is 1. The number of rotatable bonds is 4. The SMILES string of the molecule is O=C(NO)[C@H]1C[C@@H](O)CCN1S(=O)(=O)N1CC=C(c2ccc(F)cc2)CC1. The maximum absolute atomic E-state index is 13.1. The minimum Gasteiger partial charge on any atom is -0.393 e. The predicted molar refractivity (Wildman–Crippen MR) is 95.2 cm³/mol. The zero-order valence-electron chi connectivity index (χ0n) is 14.6. The Bertz CT molecular complexity index is 827. The summed E-state index contributed by atoms with van der Waals surface area (Å²) in [5.74, 6) is -1.20. The number of nitrogens with one attached hydrogen (secondary N) is 1. The van der Waals surface area contributed by atoms with Gasteiger partial charge in [0.2, 0.25) is 0 Å². The summed E-state index contributed by atoms with van der Waals surface area (Å²) in [6.45, 7) is 0.340. The smallest absolute Gasteiger partial charge is 0.283 e. The van der Waals surface area contributed by atoms with E-state index >= 15 is 0 Å². The van der Waals surface area contributed by atoms with Crippen molar-refractivity contribution in [2.45, 2.75) is 31.4 Å². The minimum absolute atomic E-state index is 0.00732. The highest BCUT2D eigenvalue weighted by atomic mass is 32.2. The Kier molecular flexibility index (Phi) is 5.92. The summed E-state index contributed by atoms with van der Waals surface area (Å²) in [7, 11) is -3.95. The summed E-state index contributed by atoms with van der Waals surface area (Å²) in [4.78, 5) is 11.9. The maximum Gasteiger partial charge on any atom is 0.283 e. The third-order valence-electron chi connectivity index (χ3n) is 4.95. The van der Waals surface area contributed by atoms with Crippen LogP contribution in [0.2, 0.25) is 0 Å². The van der Waals surface area contributed by atoms with E-state index in [1.165, 1.54) is 21.9 Å². The molecule has 27 heavy (non-hydrogen) atoms. The zero-order valence-corrected chi connectivity index (χ0v) is 15.4. The number of nitrogens with zero attached hydrogens (tertiary/aromatic N) is 2. The Balaban J connectivity index is 1.77. The number of hydrogen-bond acceptors (Lipinski definition) is 5. The lowest BCUT2D eigenvalue weighted by molar-refractivity contribution is -0.135. The van der Waals surface area contributed by atoms with Crippen LogP contribution in [0.3, 0.4) is 0 Å². The van der Waals surface area contributed by atoms with E-state index in [-0.39, 0.29) is 38.3 Å². The van der Waals surface area contributed by atoms with E-state index in [1.54, 1.807) is 18.2 Å². The van der Waals surface area contributed by atoms with E-state index in [1.807, 2.05) is 0 Å². The van der Waals surface area contributed by atoms with Crippen molar-refractivity contribution in [1.82, 2.24) is 14.1 Å². The molecule has 0 unspecified atom stereocenters. The molecule has 3 rings (SSSR count). The molecular formula is C17H22FN3O5S. The Labute approximate surface area is 157 Å². The standard InChI is InChI=1S/C17H22FN3O5S/c18-14-3-1-12(2-4-14)13-5-8-20(9-6-13)27(25,26)21-10-7-15(22)11-16(21)17(23)19-24/h1-5,15-16,22,24H,6-11H2,(H,19,23)/t15-,16+/m0/s1. The van der Waals surface area contributed by atoms with Crippen LogP contribution in [0, 0.1) is 5.82 Å². The normalized spacial score (nSPS) is 25.1. The Morgan fingerprint density at radius 1 is 1.22 bits per heavy atom. The van der Waals surface area contributed by atoms with Gasteiger partial charge in [-0.3, -0.25) is 10.0 Å². The van der Waals surface area contributed by atoms with Gasteiger partial charge >= 0.3 is 0 Å². The summed E-state index contributed by atoms with van der Waals surface area (Å²) >= 11 is 0. The molecule has 1 aromatic carbocycles. The van der Waals surface area contributed by atoms with Crippen LogP contribution < -0.4 is 5.48 Å². The van der Waals surface area contributed by atoms with Crippen molar-refractivity contribution >= 4 is 21.7 Å². The van der Waals surface area contributed by atoms with Gasteiger partial charge < -0.3 is 5.11 Å². The molecule has 1 aromatic rings. The fourth-order valence-corrected chi connectivity index (χ4v) is 5.17. The first-order valence-corrected chi connectivity index (χ1v) is 10.1. The molecule has 0 saturated carbocycles. The van der Waals surface area contributed by atoms with Gasteiger partial charge in [-0.25, -0.2) is 9.87 Å². The highest BCUT2D eigenvalue weighted by Gasteiger charge is 2.42. The summed E-state index contributed by atoms with van der Waals surface area (Å²) in [6.07, 6.45) is 1.58. The van der Waals surface area contributed by atoms with Crippen molar-refractivity contribution in [3.63, 3.8) is 0 Å². The van der Waals surface area contributed by atoms with Crippen molar-refractivity contribution in [3.8, 4) is 0 Å². The molecule has 1 fully saturated rings. The molecule has 8 nitrogen and oxygen atoms in total. The average molecular weight is 399 g/mol. The third-order valence-corrected chi connectivity index (χ3v) is 6.96. The Morgan fingerprint density at radius 2 is 1.93 bits per heavy atom. The topological polar surface area (TPSA) is 110 Å².